The number of benzene rings is 1. The number of piperazine rings is 1. The summed E-state index contributed by atoms with van der Waals surface area (Å²) in [5.74, 6) is 0. The summed E-state index contributed by atoms with van der Waals surface area (Å²) in [5, 5.41) is 6.74. The molecule has 1 aliphatic rings. The molecule has 2 rings (SSSR count). The van der Waals surface area contributed by atoms with Gasteiger partial charge in [-0.2, -0.15) is 0 Å². The van der Waals surface area contributed by atoms with E-state index in [-0.39, 0.29) is 0 Å². The monoisotopic (exact) mass is 283 g/mol. The average Bonchev–Trinajstić information content (AvgIpc) is 2.30. The molecule has 88 valence electrons. The van der Waals surface area contributed by atoms with Crippen molar-refractivity contribution in [3.05, 3.63) is 28.7 Å². The van der Waals surface area contributed by atoms with E-state index in [0.29, 0.717) is 6.04 Å². The number of hydrogen-bond acceptors (Lipinski definition) is 3. The van der Waals surface area contributed by atoms with Gasteiger partial charge in [0.1, 0.15) is 0 Å². The molecular formula is C12H18BrN3. The van der Waals surface area contributed by atoms with Crippen LogP contribution in [0.5, 0.6) is 0 Å². The van der Waals surface area contributed by atoms with Gasteiger partial charge in [0.2, 0.25) is 0 Å². The number of anilines is 1. The van der Waals surface area contributed by atoms with E-state index in [1.807, 2.05) is 7.05 Å². The Hall–Kier alpha value is -0.580. The number of nitrogens with one attached hydrogen (secondary N) is 2. The van der Waals surface area contributed by atoms with Crippen molar-refractivity contribution in [1.82, 2.24) is 10.6 Å². The molecule has 0 saturated carbocycles. The van der Waals surface area contributed by atoms with Crippen LogP contribution in [0.25, 0.3) is 0 Å². The second-order valence-corrected chi connectivity index (χ2v) is 5.05. The summed E-state index contributed by atoms with van der Waals surface area (Å²) < 4.78 is 1.15. The number of likely N-dealkylation sites (N-methyl/N-ethyl adjacent to an activating group) is 1. The van der Waals surface area contributed by atoms with E-state index < -0.39 is 0 Å². The zero-order valence-corrected chi connectivity index (χ0v) is 11.1. The Morgan fingerprint density at radius 1 is 1.56 bits per heavy atom. The molecule has 1 aliphatic heterocycles. The Labute approximate surface area is 105 Å². The van der Waals surface area contributed by atoms with Crippen LogP contribution >= 0.6 is 15.9 Å². The zero-order chi connectivity index (χ0) is 11.4. The van der Waals surface area contributed by atoms with Crippen molar-refractivity contribution in [3.63, 3.8) is 0 Å². The van der Waals surface area contributed by atoms with E-state index in [9.17, 15) is 0 Å². The fourth-order valence-corrected chi connectivity index (χ4v) is 2.50. The van der Waals surface area contributed by atoms with Gasteiger partial charge < -0.3 is 15.5 Å². The van der Waals surface area contributed by atoms with E-state index in [0.717, 1.165) is 30.7 Å². The topological polar surface area (TPSA) is 27.3 Å². The molecule has 2 N–H and O–H groups in total. The molecule has 0 spiro atoms. The second-order valence-electron chi connectivity index (χ2n) is 4.13. The third kappa shape index (κ3) is 2.97. The summed E-state index contributed by atoms with van der Waals surface area (Å²) in [6.45, 7) is 4.22. The van der Waals surface area contributed by atoms with Crippen molar-refractivity contribution in [2.45, 2.75) is 6.04 Å². The van der Waals surface area contributed by atoms with Crippen LogP contribution in [0.2, 0.25) is 0 Å². The second kappa shape index (κ2) is 5.66. The highest BCUT2D eigenvalue weighted by molar-refractivity contribution is 9.10. The predicted molar refractivity (Wildman–Crippen MR) is 72.1 cm³/mol. The van der Waals surface area contributed by atoms with Crippen LogP contribution in [-0.4, -0.2) is 39.3 Å². The fraction of sp³-hybridized carbons (Fsp3) is 0.500. The maximum absolute atomic E-state index is 3.52. The predicted octanol–water partition coefficient (Wildman–Crippen LogP) is 1.45. The lowest BCUT2D eigenvalue weighted by Gasteiger charge is -2.35. The molecular weight excluding hydrogens is 266 g/mol. The van der Waals surface area contributed by atoms with Crippen molar-refractivity contribution in [3.8, 4) is 0 Å². The zero-order valence-electron chi connectivity index (χ0n) is 9.54. The quantitative estimate of drug-likeness (QED) is 0.879. The van der Waals surface area contributed by atoms with Gasteiger partial charge in [0.05, 0.1) is 0 Å². The van der Waals surface area contributed by atoms with Crippen LogP contribution in [0.15, 0.2) is 28.7 Å². The minimum Gasteiger partial charge on any atom is -0.369 e. The van der Waals surface area contributed by atoms with E-state index in [1.165, 1.54) is 5.69 Å². The molecule has 3 nitrogen and oxygen atoms in total. The largest absolute Gasteiger partial charge is 0.369 e. The lowest BCUT2D eigenvalue weighted by molar-refractivity contribution is 0.443. The molecule has 1 aromatic rings. The van der Waals surface area contributed by atoms with Gasteiger partial charge in [-0.3, -0.25) is 0 Å². The standard InChI is InChI=1S/C12H18BrN3/c1-14-8-11-9-16(6-5-15-11)12-4-2-3-10(13)7-12/h2-4,7,11,14-15H,5-6,8-9H2,1H3. The van der Waals surface area contributed by atoms with Crippen molar-refractivity contribution in [1.29, 1.82) is 0 Å². The summed E-state index contributed by atoms with van der Waals surface area (Å²) in [4.78, 5) is 2.43. The van der Waals surface area contributed by atoms with E-state index in [2.05, 4.69) is 55.7 Å². The minimum atomic E-state index is 0.540. The van der Waals surface area contributed by atoms with Crippen LogP contribution in [0.3, 0.4) is 0 Å². The van der Waals surface area contributed by atoms with Crippen LogP contribution in [0.1, 0.15) is 0 Å². The summed E-state index contributed by atoms with van der Waals surface area (Å²) in [6, 6.07) is 9.05. The van der Waals surface area contributed by atoms with Gasteiger partial charge in [-0.05, 0) is 25.2 Å². The maximum Gasteiger partial charge on any atom is 0.0378 e. The molecule has 1 atom stereocenters. The molecule has 1 saturated heterocycles. The van der Waals surface area contributed by atoms with Crippen molar-refractivity contribution < 1.29 is 0 Å². The Kier molecular flexibility index (Phi) is 4.21. The number of rotatable bonds is 3. The molecule has 0 aliphatic carbocycles. The number of halogens is 1. The highest BCUT2D eigenvalue weighted by Crippen LogP contribution is 2.20. The highest BCUT2D eigenvalue weighted by Gasteiger charge is 2.18. The first-order valence-corrected chi connectivity index (χ1v) is 6.47. The van der Waals surface area contributed by atoms with Gasteiger partial charge in [-0.15, -0.1) is 0 Å². The summed E-state index contributed by atoms with van der Waals surface area (Å²) >= 11 is 3.52. The van der Waals surface area contributed by atoms with Crippen LogP contribution in [0, 0.1) is 0 Å². The molecule has 0 amide bonds. The van der Waals surface area contributed by atoms with E-state index in [4.69, 9.17) is 0 Å². The summed E-state index contributed by atoms with van der Waals surface area (Å²) in [5.41, 5.74) is 1.30. The van der Waals surface area contributed by atoms with Gasteiger partial charge in [-0.25, -0.2) is 0 Å². The van der Waals surface area contributed by atoms with E-state index >= 15 is 0 Å². The molecule has 1 heterocycles. The lowest BCUT2D eigenvalue weighted by Crippen LogP contribution is -2.54. The highest BCUT2D eigenvalue weighted by atomic mass is 79.9. The van der Waals surface area contributed by atoms with Gasteiger partial charge in [0.15, 0.2) is 0 Å². The van der Waals surface area contributed by atoms with Gasteiger partial charge in [-0.1, -0.05) is 22.0 Å². The normalized spacial score (nSPS) is 21.1. The molecule has 4 heteroatoms. The average molecular weight is 284 g/mol. The first kappa shape index (κ1) is 11.9. The third-order valence-electron chi connectivity index (χ3n) is 2.88. The Bertz CT molecular complexity index is 341. The molecule has 1 unspecified atom stereocenters. The first-order valence-electron chi connectivity index (χ1n) is 5.68. The molecule has 0 aromatic heterocycles. The van der Waals surface area contributed by atoms with Crippen LogP contribution in [-0.2, 0) is 0 Å². The smallest absolute Gasteiger partial charge is 0.0378 e. The van der Waals surface area contributed by atoms with Crippen molar-refractivity contribution in [2.75, 3.05) is 38.1 Å². The minimum absolute atomic E-state index is 0.540. The first-order chi connectivity index (χ1) is 7.79. The van der Waals surface area contributed by atoms with E-state index in [1.54, 1.807) is 0 Å². The molecule has 0 radical (unpaired) electrons. The SMILES string of the molecule is CNCC1CN(c2cccc(Br)c2)CCN1. The third-order valence-corrected chi connectivity index (χ3v) is 3.37. The molecule has 16 heavy (non-hydrogen) atoms. The number of hydrogen-bond donors (Lipinski definition) is 2. The van der Waals surface area contributed by atoms with Crippen molar-refractivity contribution in [2.24, 2.45) is 0 Å². The van der Waals surface area contributed by atoms with Crippen LogP contribution < -0.4 is 15.5 Å². The Morgan fingerprint density at radius 2 is 2.44 bits per heavy atom. The van der Waals surface area contributed by atoms with Gasteiger partial charge >= 0.3 is 0 Å². The van der Waals surface area contributed by atoms with Gasteiger partial charge in [0, 0.05) is 42.4 Å². The molecule has 0 bridgehead atoms. The number of nitrogens with zero attached hydrogens (tertiary/aromatic N) is 1. The maximum atomic E-state index is 3.52. The van der Waals surface area contributed by atoms with Crippen molar-refractivity contribution >= 4 is 21.6 Å². The molecule has 1 aromatic carbocycles. The fourth-order valence-electron chi connectivity index (χ4n) is 2.12. The lowest BCUT2D eigenvalue weighted by atomic mass is 10.2. The molecule has 1 fully saturated rings. The summed E-state index contributed by atoms with van der Waals surface area (Å²) in [7, 11) is 2.00. The van der Waals surface area contributed by atoms with Crippen LogP contribution in [0.4, 0.5) is 5.69 Å². The Morgan fingerprint density at radius 3 is 3.19 bits per heavy atom. The van der Waals surface area contributed by atoms with Gasteiger partial charge in [0.25, 0.3) is 0 Å². The Balaban J connectivity index is 2.03. The summed E-state index contributed by atoms with van der Waals surface area (Å²) in [6.07, 6.45) is 0.